The lowest BCUT2D eigenvalue weighted by atomic mass is 9.91. The van der Waals surface area contributed by atoms with Gasteiger partial charge in [0.25, 0.3) is 0 Å². The molecule has 0 amide bonds. The molecule has 0 radical (unpaired) electrons. The van der Waals surface area contributed by atoms with Gasteiger partial charge in [0.15, 0.2) is 11.8 Å². The normalized spacial score (nSPS) is 22.4. The van der Waals surface area contributed by atoms with Crippen LogP contribution < -0.4 is 0 Å². The van der Waals surface area contributed by atoms with Gasteiger partial charge in [0.2, 0.25) is 0 Å². The van der Waals surface area contributed by atoms with Crippen LogP contribution >= 0.6 is 0 Å². The molecule has 0 bridgehead atoms. The van der Waals surface area contributed by atoms with Crippen molar-refractivity contribution < 1.29 is 9.47 Å². The molecular weight excluding hydrogens is 456 g/mol. The number of aliphatic imine (C=N–C) groups is 2. The molecule has 4 heteroatoms. The van der Waals surface area contributed by atoms with Gasteiger partial charge in [-0.2, -0.15) is 0 Å². The molecule has 0 saturated heterocycles. The maximum absolute atomic E-state index is 6.56. The monoisotopic (exact) mass is 490 g/mol. The lowest BCUT2D eigenvalue weighted by Crippen LogP contribution is -2.39. The third-order valence-corrected chi connectivity index (χ3v) is 7.78. The van der Waals surface area contributed by atoms with E-state index in [9.17, 15) is 0 Å². The number of hydrogen-bond acceptors (Lipinski definition) is 4. The van der Waals surface area contributed by atoms with Crippen molar-refractivity contribution in [2.75, 3.05) is 0 Å². The summed E-state index contributed by atoms with van der Waals surface area (Å²) in [4.78, 5) is 10.3. The van der Waals surface area contributed by atoms with Crippen LogP contribution in [0.4, 0.5) is 0 Å². The molecule has 0 aliphatic carbocycles. The number of nitrogens with zero attached hydrogens (tertiary/aromatic N) is 2. The van der Waals surface area contributed by atoms with E-state index in [2.05, 4.69) is 126 Å². The molecule has 0 aromatic heterocycles. The van der Waals surface area contributed by atoms with Crippen LogP contribution in [0.1, 0.15) is 64.8 Å². The van der Waals surface area contributed by atoms with Crippen molar-refractivity contribution in [1.82, 2.24) is 0 Å². The molecule has 0 spiro atoms. The Labute approximate surface area is 219 Å². The highest BCUT2D eigenvalue weighted by Crippen LogP contribution is 2.46. The summed E-state index contributed by atoms with van der Waals surface area (Å²) in [7, 11) is 0. The molecule has 6 rings (SSSR count). The van der Waals surface area contributed by atoms with E-state index in [1.807, 2.05) is 0 Å². The number of rotatable bonds is 4. The summed E-state index contributed by atoms with van der Waals surface area (Å²) in [5.74, 6) is 1.34. The van der Waals surface area contributed by atoms with Gasteiger partial charge in [-0.15, -0.1) is 0 Å². The molecule has 4 nitrogen and oxygen atoms in total. The fourth-order valence-corrected chi connectivity index (χ4v) is 5.59. The maximum atomic E-state index is 6.56. The van der Waals surface area contributed by atoms with Crippen LogP contribution in [0.5, 0.6) is 0 Å². The van der Waals surface area contributed by atoms with Gasteiger partial charge in [0.1, 0.15) is 28.7 Å². The average Bonchev–Trinajstić information content (AvgIpc) is 3.39. The van der Waals surface area contributed by atoms with Gasteiger partial charge < -0.3 is 9.47 Å². The minimum atomic E-state index is -0.605. The van der Waals surface area contributed by atoms with E-state index in [-0.39, 0.29) is 12.1 Å². The van der Waals surface area contributed by atoms with Crippen molar-refractivity contribution in [3.05, 3.63) is 96.1 Å². The maximum Gasteiger partial charge on any atom is 0.199 e. The first-order valence-corrected chi connectivity index (χ1v) is 13.1. The molecule has 37 heavy (non-hydrogen) atoms. The van der Waals surface area contributed by atoms with Crippen molar-refractivity contribution in [2.45, 2.75) is 64.8 Å². The Balaban J connectivity index is 1.35. The lowest BCUT2D eigenvalue weighted by Gasteiger charge is -2.30. The average molecular weight is 491 g/mol. The van der Waals surface area contributed by atoms with Crippen LogP contribution in [0.2, 0.25) is 0 Å². The van der Waals surface area contributed by atoms with E-state index in [1.165, 1.54) is 21.5 Å². The van der Waals surface area contributed by atoms with Gasteiger partial charge in [-0.25, -0.2) is 9.98 Å². The number of benzene rings is 4. The molecule has 2 heterocycles. The molecule has 0 unspecified atom stereocenters. The highest BCUT2D eigenvalue weighted by Gasteiger charge is 2.51. The van der Waals surface area contributed by atoms with Gasteiger partial charge >= 0.3 is 0 Å². The van der Waals surface area contributed by atoms with E-state index in [0.717, 1.165) is 11.1 Å². The molecule has 2 atom stereocenters. The third kappa shape index (κ3) is 3.99. The van der Waals surface area contributed by atoms with E-state index < -0.39 is 16.6 Å². The first kappa shape index (κ1) is 23.7. The second-order valence-corrected chi connectivity index (χ2v) is 11.9. The van der Waals surface area contributed by atoms with Crippen LogP contribution in [0, 0.1) is 5.41 Å². The van der Waals surface area contributed by atoms with Crippen molar-refractivity contribution in [3.8, 4) is 0 Å². The summed E-state index contributed by atoms with van der Waals surface area (Å²) in [6.07, 6.45) is 0. The molecule has 2 aliphatic heterocycles. The molecule has 4 aromatic carbocycles. The van der Waals surface area contributed by atoms with Gasteiger partial charge in [0.05, 0.1) is 0 Å². The van der Waals surface area contributed by atoms with E-state index in [1.54, 1.807) is 0 Å². The predicted octanol–water partition coefficient (Wildman–Crippen LogP) is 8.22. The first-order chi connectivity index (χ1) is 17.5. The van der Waals surface area contributed by atoms with Crippen LogP contribution in [0.3, 0.4) is 0 Å². The summed E-state index contributed by atoms with van der Waals surface area (Å²) in [5, 5.41) is 4.87. The number of ether oxygens (including phenoxy) is 2. The summed E-state index contributed by atoms with van der Waals surface area (Å²) in [6.45, 7) is 12.6. The minimum absolute atomic E-state index is 0.113. The summed E-state index contributed by atoms with van der Waals surface area (Å²) in [6, 6.07) is 29.7. The van der Waals surface area contributed by atoms with Crippen LogP contribution in [-0.2, 0) is 9.47 Å². The van der Waals surface area contributed by atoms with Gasteiger partial charge in [0, 0.05) is 0 Å². The zero-order chi connectivity index (χ0) is 26.0. The fraction of sp³-hybridized carbons (Fsp3) is 0.333. The Morgan fingerprint density at radius 3 is 1.35 bits per heavy atom. The molecule has 188 valence electrons. The zero-order valence-corrected chi connectivity index (χ0v) is 22.4. The molecule has 2 aliphatic rings. The lowest BCUT2D eigenvalue weighted by molar-refractivity contribution is 0.0734. The van der Waals surface area contributed by atoms with Crippen molar-refractivity contribution in [3.63, 3.8) is 0 Å². The van der Waals surface area contributed by atoms with Crippen molar-refractivity contribution in [2.24, 2.45) is 15.4 Å². The summed E-state index contributed by atoms with van der Waals surface area (Å²) >= 11 is 0. The van der Waals surface area contributed by atoms with Crippen LogP contribution in [0.25, 0.3) is 21.5 Å². The Hall–Kier alpha value is -3.66. The van der Waals surface area contributed by atoms with E-state index in [0.29, 0.717) is 11.8 Å². The predicted molar refractivity (Wildman–Crippen MR) is 152 cm³/mol. The highest BCUT2D eigenvalue weighted by molar-refractivity contribution is 6.06. The molecule has 0 N–H and O–H groups in total. The summed E-state index contributed by atoms with van der Waals surface area (Å²) < 4.78 is 13.1. The Kier molecular flexibility index (Phi) is 5.24. The largest absolute Gasteiger partial charge is 0.472 e. The van der Waals surface area contributed by atoms with Crippen LogP contribution in [-0.4, -0.2) is 23.0 Å². The quantitative estimate of drug-likeness (QED) is 0.289. The first-order valence-electron chi connectivity index (χ1n) is 13.1. The smallest absolute Gasteiger partial charge is 0.199 e. The second-order valence-electron chi connectivity index (χ2n) is 11.9. The second kappa shape index (κ2) is 8.17. The van der Waals surface area contributed by atoms with E-state index >= 15 is 0 Å². The van der Waals surface area contributed by atoms with Crippen LogP contribution in [0.15, 0.2) is 94.9 Å². The fourth-order valence-electron chi connectivity index (χ4n) is 5.59. The standard InChI is InChI=1S/C33H34N2O2/c1-31(2,29-34-27(32(3,4)36-29)25-17-15-21-11-7-9-13-23(21)19-25)30-35-28(33(5,6)37-30)26-18-16-22-12-8-10-14-24(22)20-26/h7-20,27-28H,1-6H3/t27-,28-/m0/s1. The van der Waals surface area contributed by atoms with Gasteiger partial charge in [-0.1, -0.05) is 72.8 Å². The molecule has 0 saturated carbocycles. The Bertz CT molecular complexity index is 1460. The third-order valence-electron chi connectivity index (χ3n) is 7.78. The molecular formula is C33H34N2O2. The number of fused-ring (bicyclic) bond motifs is 2. The molecule has 0 fully saturated rings. The SMILES string of the molecule is CC(C)(C1=N[C@@H](c2ccc3ccccc3c2)C(C)(C)O1)C1=N[C@@H](c2ccc3ccccc3c2)C(C)(C)O1. The van der Waals surface area contributed by atoms with Gasteiger partial charge in [-0.05, 0) is 86.3 Å². The minimum Gasteiger partial charge on any atom is -0.472 e. The highest BCUT2D eigenvalue weighted by atomic mass is 16.5. The van der Waals surface area contributed by atoms with E-state index in [4.69, 9.17) is 19.5 Å². The molecule has 4 aromatic rings. The van der Waals surface area contributed by atoms with Crippen molar-refractivity contribution in [1.29, 1.82) is 0 Å². The Morgan fingerprint density at radius 2 is 0.946 bits per heavy atom. The Morgan fingerprint density at radius 1 is 0.568 bits per heavy atom. The zero-order valence-electron chi connectivity index (χ0n) is 22.4. The summed E-state index contributed by atoms with van der Waals surface area (Å²) in [5.41, 5.74) is 0.727. The van der Waals surface area contributed by atoms with Gasteiger partial charge in [-0.3, -0.25) is 0 Å². The topological polar surface area (TPSA) is 43.2 Å². The van der Waals surface area contributed by atoms with Crippen molar-refractivity contribution >= 4 is 33.3 Å². The number of hydrogen-bond donors (Lipinski definition) is 0.